The minimum atomic E-state index is -0.423. The van der Waals surface area contributed by atoms with Gasteiger partial charge in [0.1, 0.15) is 5.76 Å². The number of amides is 1. The zero-order chi connectivity index (χ0) is 18.0. The van der Waals surface area contributed by atoms with E-state index >= 15 is 0 Å². The van der Waals surface area contributed by atoms with Crippen molar-refractivity contribution >= 4 is 24.0 Å². The molecule has 0 saturated heterocycles. The molecule has 3 rings (SSSR count). The summed E-state index contributed by atoms with van der Waals surface area (Å²) < 4.78 is 5.76. The van der Waals surface area contributed by atoms with Gasteiger partial charge in [-0.2, -0.15) is 0 Å². The van der Waals surface area contributed by atoms with Crippen molar-refractivity contribution in [3.05, 3.63) is 36.2 Å². The van der Waals surface area contributed by atoms with Crippen LogP contribution in [0.15, 0.2) is 34.9 Å². The molecule has 1 fully saturated rings. The first-order chi connectivity index (χ1) is 11.9. The first kappa shape index (κ1) is 20.5. The van der Waals surface area contributed by atoms with Crippen molar-refractivity contribution in [1.82, 2.24) is 4.98 Å². The minimum absolute atomic E-state index is 0. The molecule has 3 N–H and O–H groups in total. The number of hydrogen-bond acceptors (Lipinski definition) is 4. The lowest BCUT2D eigenvalue weighted by Gasteiger charge is -2.37. The van der Waals surface area contributed by atoms with Crippen molar-refractivity contribution in [3.63, 3.8) is 0 Å². The number of oxazole rings is 1. The van der Waals surface area contributed by atoms with Crippen molar-refractivity contribution in [3.8, 4) is 11.5 Å². The Morgan fingerprint density at radius 1 is 1.31 bits per heavy atom. The van der Waals surface area contributed by atoms with Gasteiger partial charge in [-0.1, -0.05) is 26.7 Å². The predicted octanol–water partition coefficient (Wildman–Crippen LogP) is 4.73. The number of rotatable bonds is 4. The maximum absolute atomic E-state index is 12.6. The Labute approximate surface area is 161 Å². The molecular weight excluding hydrogens is 350 g/mol. The molecule has 2 atom stereocenters. The monoisotopic (exact) mass is 377 g/mol. The lowest BCUT2D eigenvalue weighted by Crippen LogP contribution is -2.51. The highest BCUT2D eigenvalue weighted by atomic mass is 35.5. The number of halogens is 1. The van der Waals surface area contributed by atoms with Gasteiger partial charge in [-0.25, -0.2) is 4.98 Å². The van der Waals surface area contributed by atoms with Gasteiger partial charge in [0, 0.05) is 22.7 Å². The van der Waals surface area contributed by atoms with Gasteiger partial charge >= 0.3 is 0 Å². The number of carbonyl (C=O) groups is 1. The van der Waals surface area contributed by atoms with Crippen LogP contribution in [0.25, 0.3) is 11.5 Å². The number of carbonyl (C=O) groups excluding carboxylic acids is 1. The van der Waals surface area contributed by atoms with E-state index in [1.165, 1.54) is 0 Å². The lowest BCUT2D eigenvalue weighted by molar-refractivity contribution is -0.122. The molecule has 0 aliphatic heterocycles. The minimum Gasteiger partial charge on any atom is -0.441 e. The highest BCUT2D eigenvalue weighted by Gasteiger charge is 2.37. The summed E-state index contributed by atoms with van der Waals surface area (Å²) in [5.74, 6) is 1.65. The van der Waals surface area contributed by atoms with Gasteiger partial charge in [-0.05, 0) is 44.0 Å². The summed E-state index contributed by atoms with van der Waals surface area (Å²) in [7, 11) is 0. The zero-order valence-corrected chi connectivity index (χ0v) is 16.4. The first-order valence-corrected chi connectivity index (χ1v) is 9.03. The maximum Gasteiger partial charge on any atom is 0.229 e. The van der Waals surface area contributed by atoms with Gasteiger partial charge in [-0.15, -0.1) is 12.4 Å². The Hall–Kier alpha value is -1.85. The molecule has 2 aromatic rings. The molecule has 2 unspecified atom stereocenters. The van der Waals surface area contributed by atoms with Crippen LogP contribution in [0.4, 0.5) is 5.69 Å². The summed E-state index contributed by atoms with van der Waals surface area (Å²) >= 11 is 0. The van der Waals surface area contributed by atoms with E-state index in [4.69, 9.17) is 10.2 Å². The Morgan fingerprint density at radius 3 is 2.58 bits per heavy atom. The molecule has 142 valence electrons. The van der Waals surface area contributed by atoms with Gasteiger partial charge in [-0.3, -0.25) is 4.79 Å². The van der Waals surface area contributed by atoms with Gasteiger partial charge in [0.05, 0.1) is 12.1 Å². The second-order valence-electron chi connectivity index (χ2n) is 7.59. The quantitative estimate of drug-likeness (QED) is 0.806. The molecule has 0 spiro atoms. The zero-order valence-electron chi connectivity index (χ0n) is 15.6. The molecule has 1 saturated carbocycles. The average Bonchev–Trinajstić information content (AvgIpc) is 3.05. The van der Waals surface area contributed by atoms with E-state index in [9.17, 15) is 4.79 Å². The number of aromatic nitrogens is 1. The third-order valence-corrected chi connectivity index (χ3v) is 5.06. The smallest absolute Gasteiger partial charge is 0.229 e. The van der Waals surface area contributed by atoms with Crippen molar-refractivity contribution in [2.75, 3.05) is 5.32 Å². The van der Waals surface area contributed by atoms with Crippen LogP contribution in [0.2, 0.25) is 0 Å². The molecule has 1 aliphatic carbocycles. The van der Waals surface area contributed by atoms with E-state index in [2.05, 4.69) is 24.1 Å². The molecular formula is C20H28ClN3O2. The number of hydrogen-bond donors (Lipinski definition) is 2. The first-order valence-electron chi connectivity index (χ1n) is 9.03. The van der Waals surface area contributed by atoms with Crippen LogP contribution < -0.4 is 11.1 Å². The average molecular weight is 378 g/mol. The Morgan fingerprint density at radius 2 is 2.00 bits per heavy atom. The number of nitrogens with zero attached hydrogens (tertiary/aromatic N) is 1. The third-order valence-electron chi connectivity index (χ3n) is 5.06. The fourth-order valence-electron chi connectivity index (χ4n) is 3.40. The van der Waals surface area contributed by atoms with E-state index in [1.807, 2.05) is 31.2 Å². The molecule has 0 bridgehead atoms. The van der Waals surface area contributed by atoms with Crippen molar-refractivity contribution in [2.45, 2.75) is 57.9 Å². The summed E-state index contributed by atoms with van der Waals surface area (Å²) in [6.07, 6.45) is 5.67. The SMILES string of the molecule is CC(C)c1cnc(-c2ccc(NC(=O)C3CCCCC3(C)N)cc2)o1.Cl. The summed E-state index contributed by atoms with van der Waals surface area (Å²) in [6.45, 7) is 6.12. The Kier molecular flexibility index (Phi) is 6.48. The van der Waals surface area contributed by atoms with Crippen molar-refractivity contribution < 1.29 is 9.21 Å². The van der Waals surface area contributed by atoms with Crippen LogP contribution >= 0.6 is 12.4 Å². The van der Waals surface area contributed by atoms with Crippen LogP contribution in [-0.4, -0.2) is 16.4 Å². The fourth-order valence-corrected chi connectivity index (χ4v) is 3.40. The van der Waals surface area contributed by atoms with Gasteiger partial charge in [0.15, 0.2) is 0 Å². The number of anilines is 1. The van der Waals surface area contributed by atoms with Crippen LogP contribution in [0.5, 0.6) is 0 Å². The highest BCUT2D eigenvalue weighted by Crippen LogP contribution is 2.32. The molecule has 0 radical (unpaired) electrons. The molecule has 6 heteroatoms. The summed E-state index contributed by atoms with van der Waals surface area (Å²) in [6, 6.07) is 7.58. The molecule has 1 aromatic heterocycles. The van der Waals surface area contributed by atoms with Gasteiger partial charge in [0.25, 0.3) is 0 Å². The van der Waals surface area contributed by atoms with Crippen LogP contribution in [0.1, 0.15) is 58.1 Å². The maximum atomic E-state index is 12.6. The van der Waals surface area contributed by atoms with Crippen molar-refractivity contribution in [2.24, 2.45) is 11.7 Å². The van der Waals surface area contributed by atoms with Crippen LogP contribution in [-0.2, 0) is 4.79 Å². The standard InChI is InChI=1S/C20H27N3O2.ClH/c1-13(2)17-12-22-19(25-17)14-7-9-15(10-8-14)23-18(24)16-6-4-5-11-20(16,3)21;/h7-10,12-13,16H,4-6,11,21H2,1-3H3,(H,23,24);1H. The summed E-state index contributed by atoms with van der Waals surface area (Å²) in [5, 5.41) is 3.00. The van der Waals surface area contributed by atoms with E-state index in [-0.39, 0.29) is 24.2 Å². The lowest BCUT2D eigenvalue weighted by atomic mass is 9.74. The molecule has 26 heavy (non-hydrogen) atoms. The molecule has 1 heterocycles. The Balaban J connectivity index is 0.00000243. The second-order valence-corrected chi connectivity index (χ2v) is 7.59. The Bertz CT molecular complexity index is 738. The van der Waals surface area contributed by atoms with Crippen LogP contribution in [0, 0.1) is 5.92 Å². The molecule has 1 aromatic carbocycles. The molecule has 5 nitrogen and oxygen atoms in total. The molecule has 1 amide bonds. The second kappa shape index (κ2) is 8.23. The highest BCUT2D eigenvalue weighted by molar-refractivity contribution is 5.93. The van der Waals surface area contributed by atoms with Crippen molar-refractivity contribution in [1.29, 1.82) is 0 Å². The number of benzene rings is 1. The number of nitrogens with one attached hydrogen (secondary N) is 1. The normalized spacial score (nSPS) is 22.7. The number of nitrogens with two attached hydrogens (primary N) is 1. The van der Waals surface area contributed by atoms with E-state index in [0.29, 0.717) is 11.8 Å². The fraction of sp³-hybridized carbons (Fsp3) is 0.500. The van der Waals surface area contributed by atoms with E-state index < -0.39 is 5.54 Å². The topological polar surface area (TPSA) is 81.2 Å². The summed E-state index contributed by atoms with van der Waals surface area (Å²) in [5.41, 5.74) is 7.56. The largest absolute Gasteiger partial charge is 0.441 e. The predicted molar refractivity (Wildman–Crippen MR) is 106 cm³/mol. The van der Waals surface area contributed by atoms with Crippen LogP contribution in [0.3, 0.4) is 0 Å². The third kappa shape index (κ3) is 4.46. The van der Waals surface area contributed by atoms with Gasteiger partial charge in [0.2, 0.25) is 11.8 Å². The van der Waals surface area contributed by atoms with E-state index in [1.54, 1.807) is 6.20 Å². The van der Waals surface area contributed by atoms with E-state index in [0.717, 1.165) is 42.7 Å². The summed E-state index contributed by atoms with van der Waals surface area (Å²) in [4.78, 5) is 16.9. The molecule has 1 aliphatic rings. The van der Waals surface area contributed by atoms with Gasteiger partial charge < -0.3 is 15.5 Å².